The second kappa shape index (κ2) is 5.90. The molecule has 0 aliphatic carbocycles. The van der Waals surface area contributed by atoms with Crippen LogP contribution in [0.1, 0.15) is 36.4 Å². The van der Waals surface area contributed by atoms with E-state index in [4.69, 9.17) is 10.6 Å². The van der Waals surface area contributed by atoms with E-state index in [1.165, 1.54) is 6.07 Å². The Morgan fingerprint density at radius 1 is 1.32 bits per heavy atom. The molecule has 0 bridgehead atoms. The third-order valence-electron chi connectivity index (χ3n) is 3.34. The molecule has 3 N–H and O–H groups in total. The third kappa shape index (κ3) is 3.46. The Morgan fingerprint density at radius 3 is 2.68 bits per heavy atom. The van der Waals surface area contributed by atoms with Crippen molar-refractivity contribution in [3.05, 3.63) is 35.4 Å². The molecule has 1 fully saturated rings. The highest BCUT2D eigenvalue weighted by Gasteiger charge is 2.32. The van der Waals surface area contributed by atoms with Crippen molar-refractivity contribution in [2.45, 2.75) is 37.6 Å². The zero-order valence-corrected chi connectivity index (χ0v) is 10.4. The summed E-state index contributed by atoms with van der Waals surface area (Å²) in [6, 6.07) is 4.80. The van der Waals surface area contributed by atoms with E-state index < -0.39 is 17.8 Å². The average molecular weight is 274 g/mol. The van der Waals surface area contributed by atoms with E-state index in [0.29, 0.717) is 12.2 Å². The molecule has 1 aliphatic heterocycles. The SMILES string of the molecule is NNC(c1cccc(C(F)(F)F)c1)C1CCCCO1. The molecule has 1 aliphatic rings. The summed E-state index contributed by atoms with van der Waals surface area (Å²) in [4.78, 5) is 0. The highest BCUT2D eigenvalue weighted by atomic mass is 19.4. The van der Waals surface area contributed by atoms with Crippen molar-refractivity contribution in [2.24, 2.45) is 5.84 Å². The smallest absolute Gasteiger partial charge is 0.376 e. The monoisotopic (exact) mass is 274 g/mol. The molecule has 6 heteroatoms. The molecule has 0 amide bonds. The first kappa shape index (κ1) is 14.3. The summed E-state index contributed by atoms with van der Waals surface area (Å²) in [5.74, 6) is 5.48. The van der Waals surface area contributed by atoms with E-state index in [1.54, 1.807) is 6.07 Å². The van der Waals surface area contributed by atoms with Crippen LogP contribution in [-0.2, 0) is 10.9 Å². The Hall–Kier alpha value is -1.11. The number of halogens is 3. The summed E-state index contributed by atoms with van der Waals surface area (Å²) >= 11 is 0. The Morgan fingerprint density at radius 2 is 2.11 bits per heavy atom. The lowest BCUT2D eigenvalue weighted by atomic mass is 9.95. The molecule has 0 saturated carbocycles. The van der Waals surface area contributed by atoms with Crippen molar-refractivity contribution >= 4 is 0 Å². The van der Waals surface area contributed by atoms with Crippen molar-refractivity contribution in [3.63, 3.8) is 0 Å². The largest absolute Gasteiger partial charge is 0.416 e. The van der Waals surface area contributed by atoms with E-state index in [1.807, 2.05) is 0 Å². The van der Waals surface area contributed by atoms with Gasteiger partial charge in [0.05, 0.1) is 17.7 Å². The maximum Gasteiger partial charge on any atom is 0.416 e. The number of alkyl halides is 3. The highest BCUT2D eigenvalue weighted by molar-refractivity contribution is 5.28. The quantitative estimate of drug-likeness (QED) is 0.658. The van der Waals surface area contributed by atoms with Gasteiger partial charge in [-0.3, -0.25) is 11.3 Å². The fourth-order valence-electron chi connectivity index (χ4n) is 2.36. The topological polar surface area (TPSA) is 47.3 Å². The van der Waals surface area contributed by atoms with Gasteiger partial charge in [0.1, 0.15) is 0 Å². The fraction of sp³-hybridized carbons (Fsp3) is 0.538. The van der Waals surface area contributed by atoms with Crippen molar-refractivity contribution in [3.8, 4) is 0 Å². The van der Waals surface area contributed by atoms with E-state index in [-0.39, 0.29) is 6.10 Å². The molecular weight excluding hydrogens is 257 g/mol. The van der Waals surface area contributed by atoms with Gasteiger partial charge in [-0.25, -0.2) is 0 Å². The van der Waals surface area contributed by atoms with E-state index in [0.717, 1.165) is 31.4 Å². The predicted octanol–water partition coefficient (Wildman–Crippen LogP) is 2.78. The van der Waals surface area contributed by atoms with Gasteiger partial charge in [0.15, 0.2) is 0 Å². The molecule has 0 spiro atoms. The third-order valence-corrected chi connectivity index (χ3v) is 3.34. The van der Waals surface area contributed by atoms with Crippen molar-refractivity contribution in [1.29, 1.82) is 0 Å². The number of hydrogen-bond donors (Lipinski definition) is 2. The number of rotatable bonds is 3. The lowest BCUT2D eigenvalue weighted by molar-refractivity contribution is -0.137. The van der Waals surface area contributed by atoms with E-state index in [2.05, 4.69) is 5.43 Å². The molecule has 1 heterocycles. The zero-order chi connectivity index (χ0) is 13.9. The van der Waals surface area contributed by atoms with Crippen LogP contribution in [-0.4, -0.2) is 12.7 Å². The lowest BCUT2D eigenvalue weighted by Crippen LogP contribution is -2.39. The van der Waals surface area contributed by atoms with Gasteiger partial charge in [-0.2, -0.15) is 13.2 Å². The van der Waals surface area contributed by atoms with Gasteiger partial charge < -0.3 is 4.74 Å². The van der Waals surface area contributed by atoms with Crippen LogP contribution in [0.4, 0.5) is 13.2 Å². The van der Waals surface area contributed by atoms with Gasteiger partial charge in [0, 0.05) is 6.61 Å². The Labute approximate surface area is 109 Å². The summed E-state index contributed by atoms with van der Waals surface area (Å²) in [7, 11) is 0. The molecule has 19 heavy (non-hydrogen) atoms. The van der Waals surface area contributed by atoms with Crippen LogP contribution in [0, 0.1) is 0 Å². The molecule has 1 aromatic carbocycles. The van der Waals surface area contributed by atoms with Gasteiger partial charge >= 0.3 is 6.18 Å². The first-order chi connectivity index (χ1) is 9.02. The molecule has 0 radical (unpaired) electrons. The minimum atomic E-state index is -4.34. The summed E-state index contributed by atoms with van der Waals surface area (Å²) in [6.07, 6.45) is -1.74. The van der Waals surface area contributed by atoms with E-state index in [9.17, 15) is 13.2 Å². The summed E-state index contributed by atoms with van der Waals surface area (Å²) in [5, 5.41) is 0. The summed E-state index contributed by atoms with van der Waals surface area (Å²) in [6.45, 7) is 0.627. The molecule has 2 unspecified atom stereocenters. The maximum absolute atomic E-state index is 12.7. The number of ether oxygens (including phenoxy) is 1. The van der Waals surface area contributed by atoms with Crippen LogP contribution in [0.15, 0.2) is 24.3 Å². The lowest BCUT2D eigenvalue weighted by Gasteiger charge is -2.30. The second-order valence-corrected chi connectivity index (χ2v) is 4.67. The minimum Gasteiger partial charge on any atom is -0.376 e. The van der Waals surface area contributed by atoms with Crippen molar-refractivity contribution in [2.75, 3.05) is 6.61 Å². The van der Waals surface area contributed by atoms with Crippen LogP contribution in [0.3, 0.4) is 0 Å². The first-order valence-corrected chi connectivity index (χ1v) is 6.27. The first-order valence-electron chi connectivity index (χ1n) is 6.27. The Kier molecular flexibility index (Phi) is 4.44. The number of hydrogen-bond acceptors (Lipinski definition) is 3. The average Bonchev–Trinajstić information content (AvgIpc) is 2.40. The Bertz CT molecular complexity index is 417. The highest BCUT2D eigenvalue weighted by Crippen LogP contribution is 2.32. The number of nitrogens with one attached hydrogen (secondary N) is 1. The van der Waals surface area contributed by atoms with Gasteiger partial charge in [0.25, 0.3) is 0 Å². The molecule has 3 nitrogen and oxygen atoms in total. The number of benzene rings is 1. The van der Waals surface area contributed by atoms with Crippen LogP contribution in [0.2, 0.25) is 0 Å². The Balaban J connectivity index is 2.22. The zero-order valence-electron chi connectivity index (χ0n) is 10.4. The summed E-state index contributed by atoms with van der Waals surface area (Å²) < 4.78 is 43.7. The minimum absolute atomic E-state index is 0.178. The molecular formula is C13H17F3N2O. The fourth-order valence-corrected chi connectivity index (χ4v) is 2.36. The van der Waals surface area contributed by atoms with Gasteiger partial charge in [-0.15, -0.1) is 0 Å². The normalized spacial score (nSPS) is 22.2. The van der Waals surface area contributed by atoms with E-state index >= 15 is 0 Å². The predicted molar refractivity (Wildman–Crippen MR) is 65.1 cm³/mol. The van der Waals surface area contributed by atoms with Gasteiger partial charge in [0.2, 0.25) is 0 Å². The van der Waals surface area contributed by atoms with Gasteiger partial charge in [-0.05, 0) is 37.0 Å². The molecule has 2 atom stereocenters. The number of nitrogens with two attached hydrogens (primary N) is 1. The molecule has 0 aromatic heterocycles. The van der Waals surface area contributed by atoms with Crippen LogP contribution in [0.25, 0.3) is 0 Å². The number of hydrazine groups is 1. The molecule has 106 valence electrons. The van der Waals surface area contributed by atoms with Crippen molar-refractivity contribution in [1.82, 2.24) is 5.43 Å². The molecule has 1 aromatic rings. The maximum atomic E-state index is 12.7. The van der Waals surface area contributed by atoms with Crippen LogP contribution in [0.5, 0.6) is 0 Å². The van der Waals surface area contributed by atoms with Crippen LogP contribution >= 0.6 is 0 Å². The van der Waals surface area contributed by atoms with Gasteiger partial charge in [-0.1, -0.05) is 12.1 Å². The standard InChI is InChI=1S/C13H17F3N2O/c14-13(15,16)10-5-3-4-9(8-10)12(18-17)11-6-1-2-7-19-11/h3-5,8,11-12,18H,1-2,6-7,17H2. The molecule has 1 saturated heterocycles. The molecule has 2 rings (SSSR count). The van der Waals surface area contributed by atoms with Crippen molar-refractivity contribution < 1.29 is 17.9 Å². The second-order valence-electron chi connectivity index (χ2n) is 4.67. The summed E-state index contributed by atoms with van der Waals surface area (Å²) in [5.41, 5.74) is 2.41. The van der Waals surface area contributed by atoms with Crippen LogP contribution < -0.4 is 11.3 Å².